The first-order valence-corrected chi connectivity index (χ1v) is 3.35. The van der Waals surface area contributed by atoms with Crippen LogP contribution in [0.3, 0.4) is 0 Å². The molecule has 0 fully saturated rings. The molecule has 3 heteroatoms. The number of hydrogen-bond donors (Lipinski definition) is 0. The average molecular weight is 149 g/mol. The van der Waals surface area contributed by atoms with Crippen LogP contribution in [0.1, 0.15) is 11.4 Å². The van der Waals surface area contributed by atoms with Crippen molar-refractivity contribution < 1.29 is 0 Å². The molecule has 1 aromatic heterocycles. The third kappa shape index (κ3) is 1.37. The third-order valence-corrected chi connectivity index (χ3v) is 1.46. The Morgan fingerprint density at radius 2 is 2.45 bits per heavy atom. The van der Waals surface area contributed by atoms with E-state index in [1.807, 2.05) is 11.6 Å². The molecule has 0 aromatic carbocycles. The summed E-state index contributed by atoms with van der Waals surface area (Å²) >= 11 is 0. The maximum atomic E-state index is 4.11. The first-order chi connectivity index (χ1) is 5.29. The Hall–Kier alpha value is -1.38. The molecule has 11 heavy (non-hydrogen) atoms. The minimum absolute atomic E-state index is 0.873. The molecule has 0 atom stereocenters. The fourth-order valence-corrected chi connectivity index (χ4v) is 0.895. The summed E-state index contributed by atoms with van der Waals surface area (Å²) in [6, 6.07) is 0. The molecule has 0 saturated heterocycles. The highest BCUT2D eigenvalue weighted by Crippen LogP contribution is 2.03. The van der Waals surface area contributed by atoms with Crippen molar-refractivity contribution in [2.75, 3.05) is 7.05 Å². The lowest BCUT2D eigenvalue weighted by atomic mass is 10.3. The molecule has 0 N–H and O–H groups in total. The van der Waals surface area contributed by atoms with Crippen molar-refractivity contribution in [3.63, 3.8) is 0 Å². The van der Waals surface area contributed by atoms with Crippen LogP contribution in [-0.4, -0.2) is 22.8 Å². The van der Waals surface area contributed by atoms with Gasteiger partial charge in [-0.05, 0) is 6.08 Å². The molecule has 0 spiro atoms. The second kappa shape index (κ2) is 3.14. The average Bonchev–Trinajstić information content (AvgIpc) is 2.34. The van der Waals surface area contributed by atoms with Crippen LogP contribution in [0, 0.1) is 0 Å². The number of imidazole rings is 1. The molecule has 0 aliphatic heterocycles. The quantitative estimate of drug-likeness (QED) is 0.579. The van der Waals surface area contributed by atoms with Crippen molar-refractivity contribution in [2.24, 2.45) is 12.0 Å². The van der Waals surface area contributed by atoms with E-state index in [9.17, 15) is 0 Å². The van der Waals surface area contributed by atoms with Crippen LogP contribution < -0.4 is 0 Å². The van der Waals surface area contributed by atoms with Crippen molar-refractivity contribution in [3.8, 4) is 0 Å². The summed E-state index contributed by atoms with van der Waals surface area (Å²) < 4.78 is 1.91. The zero-order valence-corrected chi connectivity index (χ0v) is 6.78. The topological polar surface area (TPSA) is 30.2 Å². The van der Waals surface area contributed by atoms with E-state index in [0.29, 0.717) is 0 Å². The van der Waals surface area contributed by atoms with Gasteiger partial charge >= 0.3 is 0 Å². The van der Waals surface area contributed by atoms with Gasteiger partial charge < -0.3 is 4.57 Å². The second-order valence-electron chi connectivity index (χ2n) is 2.22. The Balaban J connectivity index is 3.17. The van der Waals surface area contributed by atoms with Gasteiger partial charge in [0.1, 0.15) is 0 Å². The molecule has 0 saturated carbocycles. The molecule has 1 heterocycles. The van der Waals surface area contributed by atoms with Crippen LogP contribution in [0.25, 0.3) is 6.08 Å². The Kier molecular flexibility index (Phi) is 2.21. The van der Waals surface area contributed by atoms with Crippen molar-refractivity contribution >= 4 is 12.3 Å². The van der Waals surface area contributed by atoms with Gasteiger partial charge in [-0.15, -0.1) is 0 Å². The van der Waals surface area contributed by atoms with E-state index >= 15 is 0 Å². The fourth-order valence-electron chi connectivity index (χ4n) is 0.895. The number of nitrogens with zero attached hydrogens (tertiary/aromatic N) is 3. The van der Waals surface area contributed by atoms with Crippen molar-refractivity contribution in [1.82, 2.24) is 9.55 Å². The van der Waals surface area contributed by atoms with Crippen LogP contribution in [0.15, 0.2) is 17.9 Å². The van der Waals surface area contributed by atoms with Crippen molar-refractivity contribution in [2.45, 2.75) is 0 Å². The number of rotatable bonds is 2. The molecule has 0 aliphatic rings. The van der Waals surface area contributed by atoms with Crippen LogP contribution in [0.4, 0.5) is 0 Å². The third-order valence-electron chi connectivity index (χ3n) is 1.46. The van der Waals surface area contributed by atoms with Gasteiger partial charge in [-0.3, -0.25) is 4.99 Å². The lowest BCUT2D eigenvalue weighted by Gasteiger charge is -1.93. The molecule has 0 amide bonds. The summed E-state index contributed by atoms with van der Waals surface area (Å²) in [6.07, 6.45) is 5.23. The summed E-state index contributed by atoms with van der Waals surface area (Å²) in [6.45, 7) is 3.65. The fraction of sp³-hybridized carbons (Fsp3) is 0.250. The predicted molar refractivity (Wildman–Crippen MR) is 46.8 cm³/mol. The minimum Gasteiger partial charge on any atom is -0.332 e. The highest BCUT2D eigenvalue weighted by atomic mass is 15.0. The van der Waals surface area contributed by atoms with Crippen LogP contribution in [-0.2, 0) is 7.05 Å². The van der Waals surface area contributed by atoms with E-state index in [-0.39, 0.29) is 0 Å². The molecule has 0 aliphatic carbocycles. The SMILES string of the molecule is C=Cc1ncn(C)c1C=NC. The van der Waals surface area contributed by atoms with E-state index in [2.05, 4.69) is 16.6 Å². The smallest absolute Gasteiger partial charge is 0.0956 e. The number of aromatic nitrogens is 2. The summed E-state index contributed by atoms with van der Waals surface area (Å²) in [5.74, 6) is 0. The largest absolute Gasteiger partial charge is 0.332 e. The molecule has 0 radical (unpaired) electrons. The van der Waals surface area contributed by atoms with Crippen molar-refractivity contribution in [3.05, 3.63) is 24.3 Å². The van der Waals surface area contributed by atoms with E-state index in [4.69, 9.17) is 0 Å². The molecule has 0 bridgehead atoms. The van der Waals surface area contributed by atoms with Crippen LogP contribution >= 0.6 is 0 Å². The maximum absolute atomic E-state index is 4.11. The van der Waals surface area contributed by atoms with Crippen molar-refractivity contribution in [1.29, 1.82) is 0 Å². The van der Waals surface area contributed by atoms with E-state index in [0.717, 1.165) is 11.4 Å². The van der Waals surface area contributed by atoms with Gasteiger partial charge in [-0.1, -0.05) is 6.58 Å². The summed E-state index contributed by atoms with van der Waals surface area (Å²) in [5.41, 5.74) is 1.86. The standard InChI is InChI=1S/C8H11N3/c1-4-7-8(5-9-2)11(3)6-10-7/h4-6H,1H2,2-3H3. The molecular formula is C8H11N3. The molecule has 0 unspecified atom stereocenters. The van der Waals surface area contributed by atoms with Gasteiger partial charge in [0.05, 0.1) is 17.7 Å². The molecule has 1 rings (SSSR count). The zero-order valence-electron chi connectivity index (χ0n) is 6.78. The Labute approximate surface area is 66.1 Å². The van der Waals surface area contributed by atoms with Gasteiger partial charge in [0.25, 0.3) is 0 Å². The monoisotopic (exact) mass is 149 g/mol. The predicted octanol–water partition coefficient (Wildman–Crippen LogP) is 1.11. The van der Waals surface area contributed by atoms with Gasteiger partial charge in [-0.2, -0.15) is 0 Å². The molecule has 58 valence electrons. The second-order valence-corrected chi connectivity index (χ2v) is 2.22. The van der Waals surface area contributed by atoms with Crippen LogP contribution in [0.2, 0.25) is 0 Å². The lowest BCUT2D eigenvalue weighted by Crippen LogP contribution is -1.94. The van der Waals surface area contributed by atoms with Gasteiger partial charge in [0, 0.05) is 20.3 Å². The molecule has 3 nitrogen and oxygen atoms in total. The summed E-state index contributed by atoms with van der Waals surface area (Å²) in [7, 11) is 3.66. The molecule has 1 aromatic rings. The Morgan fingerprint density at radius 1 is 1.73 bits per heavy atom. The first kappa shape index (κ1) is 7.72. The Bertz CT molecular complexity index is 284. The van der Waals surface area contributed by atoms with E-state index in [1.54, 1.807) is 25.7 Å². The summed E-state index contributed by atoms with van der Waals surface area (Å²) in [5, 5.41) is 0. The number of aliphatic imine (C=N–C) groups is 1. The summed E-state index contributed by atoms with van der Waals surface area (Å²) in [4.78, 5) is 8.02. The van der Waals surface area contributed by atoms with E-state index < -0.39 is 0 Å². The normalized spacial score (nSPS) is 10.7. The van der Waals surface area contributed by atoms with E-state index in [1.165, 1.54) is 0 Å². The lowest BCUT2D eigenvalue weighted by molar-refractivity contribution is 0.905. The van der Waals surface area contributed by atoms with Gasteiger partial charge in [-0.25, -0.2) is 4.98 Å². The Morgan fingerprint density at radius 3 is 3.00 bits per heavy atom. The highest BCUT2D eigenvalue weighted by molar-refractivity contribution is 5.82. The number of aryl methyl sites for hydroxylation is 1. The molecular weight excluding hydrogens is 138 g/mol. The van der Waals surface area contributed by atoms with Gasteiger partial charge in [0.2, 0.25) is 0 Å². The van der Waals surface area contributed by atoms with Crippen LogP contribution in [0.5, 0.6) is 0 Å². The van der Waals surface area contributed by atoms with Gasteiger partial charge in [0.15, 0.2) is 0 Å². The minimum atomic E-state index is 0.873. The number of hydrogen-bond acceptors (Lipinski definition) is 2. The first-order valence-electron chi connectivity index (χ1n) is 3.35. The maximum Gasteiger partial charge on any atom is 0.0956 e. The zero-order chi connectivity index (χ0) is 8.27. The highest BCUT2D eigenvalue weighted by Gasteiger charge is 2.00.